The molecule has 0 saturated carbocycles. The molecule has 5 nitrogen and oxygen atoms in total. The first-order chi connectivity index (χ1) is 3.56. The topological polar surface area (TPSA) is 86.7 Å². The minimum atomic E-state index is -4.60. The molecule has 9 heavy (non-hydrogen) atoms. The van der Waals surface area contributed by atoms with Crippen LogP contribution < -0.4 is 18.9 Å². The maximum absolute atomic E-state index is 9.50. The van der Waals surface area contributed by atoms with Gasteiger partial charge in [-0.2, -0.15) is 0 Å². The summed E-state index contributed by atoms with van der Waals surface area (Å²) in [5.41, 5.74) is 0. The van der Waals surface area contributed by atoms with Gasteiger partial charge < -0.3 is 9.66 Å². The monoisotopic (exact) mass is 148 g/mol. The Morgan fingerprint density at radius 2 is 2.00 bits per heavy atom. The second-order valence-electron chi connectivity index (χ2n) is 0.954. The molecule has 0 saturated heterocycles. The van der Waals surface area contributed by atoms with Crippen LogP contribution in [0.3, 0.4) is 0 Å². The van der Waals surface area contributed by atoms with Crippen molar-refractivity contribution in [3.8, 4) is 0 Å². The summed E-state index contributed by atoms with van der Waals surface area (Å²) in [6.45, 7) is -0.937. The summed E-state index contributed by atoms with van der Waals surface area (Å²) in [4.78, 5) is 0. The van der Waals surface area contributed by atoms with Crippen molar-refractivity contribution in [2.24, 2.45) is 0 Å². The van der Waals surface area contributed by atoms with Gasteiger partial charge in [-0.1, -0.05) is 0 Å². The molecule has 0 amide bonds. The van der Waals surface area contributed by atoms with Crippen LogP contribution in [0.15, 0.2) is 0 Å². The Balaban J connectivity index is 0. The van der Waals surface area contributed by atoms with Crippen LogP contribution in [0.1, 0.15) is 0 Å². The van der Waals surface area contributed by atoms with Crippen LogP contribution in [0.5, 0.6) is 0 Å². The van der Waals surface area contributed by atoms with Crippen LogP contribution in [0.25, 0.3) is 0 Å². The van der Waals surface area contributed by atoms with Gasteiger partial charge in [-0.25, -0.2) is 8.42 Å². The molecule has 0 aliphatic rings. The largest absolute Gasteiger partial charge is 1.00 e. The van der Waals surface area contributed by atoms with Crippen molar-refractivity contribution in [3.05, 3.63) is 0 Å². The van der Waals surface area contributed by atoms with E-state index in [9.17, 15) is 13.0 Å². The third-order valence-electron chi connectivity index (χ3n) is 0.319. The second kappa shape index (κ2) is 5.23. The molecule has 0 aromatic rings. The number of hydrogen-bond acceptors (Lipinski definition) is 5. The third-order valence-corrected chi connectivity index (χ3v) is 0.774. The zero-order chi connectivity index (χ0) is 6.62. The maximum atomic E-state index is 9.50. The van der Waals surface area contributed by atoms with Crippen molar-refractivity contribution in [2.45, 2.75) is 0 Å². The molecule has 0 aromatic heterocycles. The maximum Gasteiger partial charge on any atom is 1.00 e. The summed E-state index contributed by atoms with van der Waals surface area (Å²) in [7, 11) is -4.60. The van der Waals surface area contributed by atoms with Crippen LogP contribution in [-0.2, 0) is 14.6 Å². The molecule has 0 heterocycles. The average Bonchev–Trinajstić information content (AvgIpc) is 1.59. The Kier molecular flexibility index (Phi) is 7.05. The summed E-state index contributed by atoms with van der Waals surface area (Å²) < 4.78 is 32.0. The fourth-order valence-corrected chi connectivity index (χ4v) is 0.418. The van der Waals surface area contributed by atoms with Gasteiger partial charge in [0.1, 0.15) is 0 Å². The Morgan fingerprint density at radius 1 is 1.56 bits per heavy atom. The number of aliphatic hydroxyl groups excluding tert-OH is 1. The van der Waals surface area contributed by atoms with E-state index in [-0.39, 0.29) is 18.9 Å². The molecular weight excluding hydrogens is 143 g/mol. The summed E-state index contributed by atoms with van der Waals surface area (Å²) >= 11 is 0. The van der Waals surface area contributed by atoms with Crippen LogP contribution in [0.4, 0.5) is 0 Å². The molecule has 0 aliphatic heterocycles. The second-order valence-corrected chi connectivity index (χ2v) is 2.01. The summed E-state index contributed by atoms with van der Waals surface area (Å²) in [6.07, 6.45) is 0. The van der Waals surface area contributed by atoms with Gasteiger partial charge in [0.2, 0.25) is 10.4 Å². The summed E-state index contributed by atoms with van der Waals surface area (Å²) in [5, 5.41) is 7.90. The van der Waals surface area contributed by atoms with Crippen molar-refractivity contribution in [3.63, 3.8) is 0 Å². The van der Waals surface area contributed by atoms with E-state index in [2.05, 4.69) is 4.18 Å². The van der Waals surface area contributed by atoms with Crippen LogP contribution in [-0.4, -0.2) is 31.3 Å². The van der Waals surface area contributed by atoms with Gasteiger partial charge in [-0.05, 0) is 0 Å². The van der Waals surface area contributed by atoms with E-state index in [0.717, 1.165) is 0 Å². The van der Waals surface area contributed by atoms with Crippen molar-refractivity contribution >= 4 is 10.4 Å². The van der Waals surface area contributed by atoms with Crippen molar-refractivity contribution < 1.29 is 41.1 Å². The molecule has 0 unspecified atom stereocenters. The van der Waals surface area contributed by atoms with Gasteiger partial charge in [-0.3, -0.25) is 4.18 Å². The first-order valence-electron chi connectivity index (χ1n) is 1.77. The summed E-state index contributed by atoms with van der Waals surface area (Å²) in [5.74, 6) is 0. The fourth-order valence-electron chi connectivity index (χ4n) is 0.139. The van der Waals surface area contributed by atoms with Crippen LogP contribution >= 0.6 is 0 Å². The Bertz CT molecular complexity index is 139. The fraction of sp³-hybridized carbons (Fsp3) is 1.00. The van der Waals surface area contributed by atoms with E-state index in [1.54, 1.807) is 0 Å². The zero-order valence-corrected chi connectivity index (χ0v) is 5.72. The Hall–Kier alpha value is 0.427. The standard InChI is InChI=1S/C2H6O5S.Li/c3-1-2-7-8(4,5)6;/h3H,1-2H2,(H,4,5,6);/q;+1/p-1. The Morgan fingerprint density at radius 3 is 2.11 bits per heavy atom. The van der Waals surface area contributed by atoms with Gasteiger partial charge in [0.05, 0.1) is 13.2 Å². The molecule has 0 radical (unpaired) electrons. The number of hydrogen-bond donors (Lipinski definition) is 1. The summed E-state index contributed by atoms with van der Waals surface area (Å²) in [6, 6.07) is 0. The van der Waals surface area contributed by atoms with E-state index in [1.807, 2.05) is 0 Å². The molecule has 1 N–H and O–H groups in total. The van der Waals surface area contributed by atoms with E-state index >= 15 is 0 Å². The minimum Gasteiger partial charge on any atom is -0.726 e. The normalized spacial score (nSPS) is 10.4. The van der Waals surface area contributed by atoms with Crippen molar-refractivity contribution in [1.29, 1.82) is 0 Å². The average molecular weight is 148 g/mol. The molecule has 0 aromatic carbocycles. The number of aliphatic hydroxyl groups is 1. The van der Waals surface area contributed by atoms with E-state index in [4.69, 9.17) is 5.11 Å². The molecule has 0 bridgehead atoms. The van der Waals surface area contributed by atoms with Crippen molar-refractivity contribution in [1.82, 2.24) is 0 Å². The zero-order valence-electron chi connectivity index (χ0n) is 4.90. The van der Waals surface area contributed by atoms with Gasteiger partial charge in [0, 0.05) is 0 Å². The molecular formula is C2H5LiO5S. The molecule has 7 heteroatoms. The third kappa shape index (κ3) is 11.8. The smallest absolute Gasteiger partial charge is 0.726 e. The van der Waals surface area contributed by atoms with Crippen molar-refractivity contribution in [2.75, 3.05) is 13.2 Å². The van der Waals surface area contributed by atoms with E-state index < -0.39 is 23.6 Å². The Labute approximate surface area is 65.1 Å². The molecule has 0 atom stereocenters. The first kappa shape index (κ1) is 12.1. The molecule has 0 rings (SSSR count). The SMILES string of the molecule is O=S(=O)([O-])OCCO.[Li+]. The van der Waals surface area contributed by atoms with E-state index in [1.165, 1.54) is 0 Å². The molecule has 0 aliphatic carbocycles. The number of rotatable bonds is 3. The predicted molar refractivity (Wildman–Crippen MR) is 22.7 cm³/mol. The van der Waals surface area contributed by atoms with Crippen LogP contribution in [0.2, 0.25) is 0 Å². The van der Waals surface area contributed by atoms with Gasteiger partial charge in [-0.15, -0.1) is 0 Å². The quantitative estimate of drug-likeness (QED) is 0.247. The van der Waals surface area contributed by atoms with Gasteiger partial charge >= 0.3 is 18.9 Å². The minimum absolute atomic E-state index is 0. The van der Waals surface area contributed by atoms with Gasteiger partial charge in [0.25, 0.3) is 0 Å². The van der Waals surface area contributed by atoms with E-state index in [0.29, 0.717) is 0 Å². The van der Waals surface area contributed by atoms with Crippen LogP contribution in [0, 0.1) is 0 Å². The molecule has 0 fully saturated rings. The predicted octanol–water partition coefficient (Wildman–Crippen LogP) is -4.54. The first-order valence-corrected chi connectivity index (χ1v) is 3.10. The van der Waals surface area contributed by atoms with Gasteiger partial charge in [0.15, 0.2) is 0 Å². The molecule has 0 spiro atoms. The molecule has 50 valence electrons.